The van der Waals surface area contributed by atoms with Crippen LogP contribution in [0.1, 0.15) is 29.3 Å². The monoisotopic (exact) mass is 262 g/mol. The van der Waals surface area contributed by atoms with Crippen molar-refractivity contribution in [3.8, 4) is 0 Å². The van der Waals surface area contributed by atoms with E-state index < -0.39 is 10.9 Å². The predicted molar refractivity (Wildman–Crippen MR) is 70.3 cm³/mol. The van der Waals surface area contributed by atoms with E-state index in [9.17, 15) is 14.9 Å². The lowest BCUT2D eigenvalue weighted by Crippen LogP contribution is -2.02. The van der Waals surface area contributed by atoms with Gasteiger partial charge in [0.25, 0.3) is 5.69 Å². The van der Waals surface area contributed by atoms with Crippen molar-refractivity contribution < 1.29 is 14.5 Å². The third-order valence-corrected chi connectivity index (χ3v) is 2.99. The molecule has 1 heterocycles. The highest BCUT2D eigenvalue weighted by Gasteiger charge is 2.20. The Morgan fingerprint density at radius 2 is 2.21 bits per heavy atom. The summed E-state index contributed by atoms with van der Waals surface area (Å²) in [4.78, 5) is 25.1. The van der Waals surface area contributed by atoms with Gasteiger partial charge in [0.15, 0.2) is 0 Å². The number of nitro benzene ring substituents is 1. The van der Waals surface area contributed by atoms with Crippen LogP contribution in [0.4, 0.5) is 5.69 Å². The molecule has 1 aromatic carbocycles. The van der Waals surface area contributed by atoms with Crippen molar-refractivity contribution in [2.75, 3.05) is 7.11 Å². The van der Waals surface area contributed by atoms with Crippen molar-refractivity contribution in [1.82, 2.24) is 4.98 Å². The Balaban J connectivity index is 2.71. The van der Waals surface area contributed by atoms with Gasteiger partial charge in [-0.25, -0.2) is 4.79 Å². The first-order valence-electron chi connectivity index (χ1n) is 5.95. The fraction of sp³-hybridized carbons (Fsp3) is 0.308. The van der Waals surface area contributed by atoms with Gasteiger partial charge < -0.3 is 9.72 Å². The first kappa shape index (κ1) is 13.1. The van der Waals surface area contributed by atoms with E-state index in [1.165, 1.54) is 13.2 Å². The molecule has 6 nitrogen and oxygen atoms in total. The largest absolute Gasteiger partial charge is 0.465 e. The topological polar surface area (TPSA) is 85.2 Å². The van der Waals surface area contributed by atoms with Crippen LogP contribution in [0.15, 0.2) is 18.3 Å². The molecule has 0 aliphatic rings. The lowest BCUT2D eigenvalue weighted by Gasteiger charge is -2.02. The van der Waals surface area contributed by atoms with Crippen LogP contribution in [0, 0.1) is 10.1 Å². The van der Waals surface area contributed by atoms with Gasteiger partial charge in [-0.3, -0.25) is 10.1 Å². The van der Waals surface area contributed by atoms with Crippen LogP contribution in [0.5, 0.6) is 0 Å². The van der Waals surface area contributed by atoms with E-state index in [-0.39, 0.29) is 11.3 Å². The number of nitrogens with zero attached hydrogens (tertiary/aromatic N) is 1. The molecule has 0 fully saturated rings. The van der Waals surface area contributed by atoms with E-state index >= 15 is 0 Å². The number of methoxy groups -OCH3 is 1. The maximum atomic E-state index is 11.6. The van der Waals surface area contributed by atoms with Crippen molar-refractivity contribution >= 4 is 22.6 Å². The number of carbonyl (C=O) groups is 1. The second kappa shape index (κ2) is 5.09. The minimum Gasteiger partial charge on any atom is -0.465 e. The van der Waals surface area contributed by atoms with Crippen LogP contribution in [0.3, 0.4) is 0 Å². The number of aryl methyl sites for hydroxylation is 1. The molecule has 0 aliphatic carbocycles. The molecule has 0 aliphatic heterocycles. The van der Waals surface area contributed by atoms with E-state index in [2.05, 4.69) is 9.72 Å². The van der Waals surface area contributed by atoms with Crippen LogP contribution in [-0.2, 0) is 11.2 Å². The van der Waals surface area contributed by atoms with E-state index in [1.807, 2.05) is 6.92 Å². The molecule has 2 rings (SSSR count). The fourth-order valence-electron chi connectivity index (χ4n) is 2.12. The maximum absolute atomic E-state index is 11.6. The number of fused-ring (bicyclic) bond motifs is 1. The second-order valence-corrected chi connectivity index (χ2v) is 4.23. The van der Waals surface area contributed by atoms with Gasteiger partial charge in [0.1, 0.15) is 5.52 Å². The highest BCUT2D eigenvalue weighted by molar-refractivity contribution is 5.99. The van der Waals surface area contributed by atoms with Crippen molar-refractivity contribution in [2.45, 2.75) is 19.8 Å². The molecule has 0 saturated carbocycles. The summed E-state index contributed by atoms with van der Waals surface area (Å²) in [6, 6.07) is 2.87. The average Bonchev–Trinajstić information content (AvgIpc) is 2.80. The van der Waals surface area contributed by atoms with Crippen LogP contribution < -0.4 is 0 Å². The average molecular weight is 262 g/mol. The number of ether oxygens (including phenoxy) is 1. The first-order valence-corrected chi connectivity index (χ1v) is 5.95. The third kappa shape index (κ3) is 2.29. The van der Waals surface area contributed by atoms with Gasteiger partial charge in [-0.2, -0.15) is 0 Å². The summed E-state index contributed by atoms with van der Waals surface area (Å²) < 4.78 is 4.62. The summed E-state index contributed by atoms with van der Waals surface area (Å²) in [6.45, 7) is 2.03. The minimum absolute atomic E-state index is 0.111. The number of rotatable bonds is 4. The molecule has 6 heteroatoms. The Morgan fingerprint density at radius 1 is 1.47 bits per heavy atom. The Hall–Kier alpha value is -2.37. The smallest absolute Gasteiger partial charge is 0.338 e. The van der Waals surface area contributed by atoms with Gasteiger partial charge in [0.2, 0.25) is 0 Å². The van der Waals surface area contributed by atoms with Gasteiger partial charge in [0.05, 0.1) is 17.6 Å². The van der Waals surface area contributed by atoms with Crippen LogP contribution in [0.25, 0.3) is 10.9 Å². The lowest BCUT2D eigenvalue weighted by molar-refractivity contribution is -0.383. The summed E-state index contributed by atoms with van der Waals surface area (Å²) in [5.74, 6) is -0.575. The molecule has 0 spiro atoms. The molecule has 0 amide bonds. The molecule has 0 bridgehead atoms. The third-order valence-electron chi connectivity index (χ3n) is 2.99. The number of nitrogens with one attached hydrogen (secondary N) is 1. The Kier molecular flexibility index (Phi) is 3.50. The van der Waals surface area contributed by atoms with Gasteiger partial charge in [0, 0.05) is 17.6 Å². The summed E-state index contributed by atoms with van der Waals surface area (Å²) in [6.07, 6.45) is 3.47. The maximum Gasteiger partial charge on any atom is 0.338 e. The zero-order valence-electron chi connectivity index (χ0n) is 10.7. The second-order valence-electron chi connectivity index (χ2n) is 4.23. The summed E-state index contributed by atoms with van der Waals surface area (Å²) >= 11 is 0. The van der Waals surface area contributed by atoms with Gasteiger partial charge >= 0.3 is 5.97 Å². The predicted octanol–water partition coefficient (Wildman–Crippen LogP) is 2.82. The number of esters is 1. The summed E-state index contributed by atoms with van der Waals surface area (Å²) in [7, 11) is 1.25. The first-order chi connectivity index (χ1) is 9.08. The molecule has 1 aromatic heterocycles. The molecule has 0 radical (unpaired) electrons. The number of carbonyl (C=O) groups excluding carboxylic acids is 1. The zero-order chi connectivity index (χ0) is 14.0. The summed E-state index contributed by atoms with van der Waals surface area (Å²) in [5, 5.41) is 11.8. The molecule has 19 heavy (non-hydrogen) atoms. The lowest BCUT2D eigenvalue weighted by atomic mass is 10.1. The SMILES string of the molecule is CCCc1c[nH]c2c([N+](=O)[O-])cc(C(=O)OC)cc12. The number of aromatic nitrogens is 1. The van der Waals surface area contributed by atoms with Crippen LogP contribution in [-0.4, -0.2) is 23.0 Å². The zero-order valence-corrected chi connectivity index (χ0v) is 10.7. The van der Waals surface area contributed by atoms with Gasteiger partial charge in [-0.1, -0.05) is 13.3 Å². The molecule has 0 atom stereocenters. The standard InChI is InChI=1S/C13H14N2O4/c1-3-4-8-7-14-12-10(8)5-9(13(16)19-2)6-11(12)15(17)18/h5-7,14H,3-4H2,1-2H3. The van der Waals surface area contributed by atoms with Crippen molar-refractivity contribution in [1.29, 1.82) is 0 Å². The number of benzene rings is 1. The number of aromatic amines is 1. The molecule has 100 valence electrons. The van der Waals surface area contributed by atoms with Crippen LogP contribution in [0.2, 0.25) is 0 Å². The molecule has 2 aromatic rings. The normalized spacial score (nSPS) is 10.6. The summed E-state index contributed by atoms with van der Waals surface area (Å²) in [5.41, 5.74) is 1.49. The van der Waals surface area contributed by atoms with Crippen molar-refractivity contribution in [3.63, 3.8) is 0 Å². The number of hydrogen-bond donors (Lipinski definition) is 1. The quantitative estimate of drug-likeness (QED) is 0.521. The van der Waals surface area contributed by atoms with Gasteiger partial charge in [-0.15, -0.1) is 0 Å². The van der Waals surface area contributed by atoms with E-state index in [0.717, 1.165) is 18.4 Å². The molecular weight excluding hydrogens is 248 g/mol. The van der Waals surface area contributed by atoms with E-state index in [1.54, 1.807) is 12.3 Å². The van der Waals surface area contributed by atoms with E-state index in [0.29, 0.717) is 10.9 Å². The van der Waals surface area contributed by atoms with Crippen LogP contribution >= 0.6 is 0 Å². The van der Waals surface area contributed by atoms with E-state index in [4.69, 9.17) is 0 Å². The highest BCUT2D eigenvalue weighted by Crippen LogP contribution is 2.30. The Labute approximate surface area is 109 Å². The number of hydrogen-bond acceptors (Lipinski definition) is 4. The number of H-pyrrole nitrogens is 1. The minimum atomic E-state index is -0.575. The molecule has 0 saturated heterocycles. The highest BCUT2D eigenvalue weighted by atomic mass is 16.6. The molecular formula is C13H14N2O4. The van der Waals surface area contributed by atoms with Crippen molar-refractivity contribution in [3.05, 3.63) is 39.6 Å². The number of nitro groups is 1. The van der Waals surface area contributed by atoms with Gasteiger partial charge in [-0.05, 0) is 18.1 Å². The van der Waals surface area contributed by atoms with Crippen molar-refractivity contribution in [2.24, 2.45) is 0 Å². The Morgan fingerprint density at radius 3 is 2.79 bits per heavy atom. The number of non-ortho nitro benzene ring substituents is 1. The molecule has 0 unspecified atom stereocenters. The molecule has 1 N–H and O–H groups in total. The fourth-order valence-corrected chi connectivity index (χ4v) is 2.12. The Bertz CT molecular complexity index is 645.